The van der Waals surface area contributed by atoms with Crippen LogP contribution < -0.4 is 10.6 Å². The van der Waals surface area contributed by atoms with Gasteiger partial charge in [-0.05, 0) is 38.7 Å². The highest BCUT2D eigenvalue weighted by Crippen LogP contribution is 2.34. The number of thioether (sulfide) groups is 2. The zero-order chi connectivity index (χ0) is 29.2. The van der Waals surface area contributed by atoms with Gasteiger partial charge in [0.2, 0.25) is 5.91 Å². The van der Waals surface area contributed by atoms with Gasteiger partial charge < -0.3 is 10.1 Å². The van der Waals surface area contributed by atoms with Gasteiger partial charge >= 0.3 is 5.97 Å². The van der Waals surface area contributed by atoms with Crippen LogP contribution in [0, 0.1) is 0 Å². The number of unbranched alkanes of at least 4 members (excludes halogenated alkanes) is 4. The predicted molar refractivity (Wildman–Crippen MR) is 165 cm³/mol. The van der Waals surface area contributed by atoms with E-state index in [2.05, 4.69) is 22.5 Å². The van der Waals surface area contributed by atoms with Crippen LogP contribution in [0.5, 0.6) is 0 Å². The fourth-order valence-corrected chi connectivity index (χ4v) is 7.71. The molecule has 0 spiro atoms. The quantitative estimate of drug-likeness (QED) is 0.220. The topological polar surface area (TPSA) is 127 Å². The Hall–Kier alpha value is -2.02. The lowest BCUT2D eigenvalue weighted by molar-refractivity contribution is -0.150. The van der Waals surface area contributed by atoms with Gasteiger partial charge in [0.05, 0.1) is 19.0 Å². The van der Waals surface area contributed by atoms with Gasteiger partial charge in [-0.3, -0.25) is 29.5 Å². The molecule has 3 aliphatic heterocycles. The molecule has 4 heterocycles. The third-order valence-electron chi connectivity index (χ3n) is 7.36. The SMILES string of the molecule is CCCCCCCC(=O)SCC/C=C/[C@@H]1CC(=O)NCc2nc(cs2)C2=N[C@@](C)(CS2)C(=O)C2CC[C@H](N2)C(=O)O1. The number of esters is 1. The molecule has 4 rings (SSSR count). The Kier molecular flexibility index (Phi) is 12.0. The largest absolute Gasteiger partial charge is 0.456 e. The Morgan fingerprint density at radius 1 is 1.20 bits per heavy atom. The maximum Gasteiger partial charge on any atom is 0.323 e. The van der Waals surface area contributed by atoms with Crippen molar-refractivity contribution in [2.75, 3.05) is 11.5 Å². The predicted octanol–water partition coefficient (Wildman–Crippen LogP) is 4.58. The summed E-state index contributed by atoms with van der Waals surface area (Å²) in [5.74, 6) is 0.399. The van der Waals surface area contributed by atoms with Crippen molar-refractivity contribution >= 4 is 62.7 Å². The number of ketones is 1. The molecule has 41 heavy (non-hydrogen) atoms. The van der Waals surface area contributed by atoms with Crippen LogP contribution in [-0.2, 0) is 30.5 Å². The summed E-state index contributed by atoms with van der Waals surface area (Å²) in [6.07, 6.45) is 10.6. The van der Waals surface area contributed by atoms with Crippen molar-refractivity contribution in [2.24, 2.45) is 4.99 Å². The maximum atomic E-state index is 13.4. The number of Topliss-reactive ketones (excluding diaryl/α,β-unsaturated/α-hetero) is 1. The van der Waals surface area contributed by atoms with Gasteiger partial charge in [0.1, 0.15) is 33.4 Å². The van der Waals surface area contributed by atoms with E-state index in [4.69, 9.17) is 9.73 Å². The molecule has 12 heteroatoms. The summed E-state index contributed by atoms with van der Waals surface area (Å²) in [5, 5.41) is 9.60. The standard InChI is InChI=1S/C29H40N4O5S3/c1-3-4-5-6-7-11-25(35)39-14-9-8-10-19-15-23(34)30-16-24-32-22(17-40-24)27-33-29(2,18-41-27)26(36)20-12-13-21(31-20)28(37)38-19/h8,10,17,19-21,31H,3-7,9,11-16,18H2,1-2H3,(H,30,34)/b10-8+/t19-,20?,21+,29+/m1/s1. The van der Waals surface area contributed by atoms with E-state index in [1.54, 1.807) is 6.08 Å². The fourth-order valence-electron chi connectivity index (χ4n) is 5.00. The van der Waals surface area contributed by atoms with Crippen LogP contribution in [0.1, 0.15) is 88.8 Å². The summed E-state index contributed by atoms with van der Waals surface area (Å²) in [7, 11) is 0. The van der Waals surface area contributed by atoms with E-state index in [1.165, 1.54) is 54.1 Å². The Bertz CT molecular complexity index is 1170. The van der Waals surface area contributed by atoms with E-state index in [-0.39, 0.29) is 29.8 Å². The molecule has 1 unspecified atom stereocenters. The number of hydrogen-bond acceptors (Lipinski definition) is 11. The number of ether oxygens (including phenoxy) is 1. The molecule has 224 valence electrons. The lowest BCUT2D eigenvalue weighted by atomic mass is 9.93. The summed E-state index contributed by atoms with van der Waals surface area (Å²) in [6.45, 7) is 4.27. The average Bonchev–Trinajstić information content (AvgIpc) is 3.71. The highest BCUT2D eigenvalue weighted by atomic mass is 32.2. The van der Waals surface area contributed by atoms with E-state index < -0.39 is 29.7 Å². The number of hydrogen-bond donors (Lipinski definition) is 2. The third kappa shape index (κ3) is 9.23. The van der Waals surface area contributed by atoms with Gasteiger partial charge in [-0.25, -0.2) is 4.98 Å². The first-order valence-electron chi connectivity index (χ1n) is 14.5. The number of rotatable bonds is 10. The molecule has 0 saturated carbocycles. The second kappa shape index (κ2) is 15.5. The highest BCUT2D eigenvalue weighted by Gasteiger charge is 2.45. The number of carbonyl (C=O) groups excluding carboxylic acids is 4. The zero-order valence-corrected chi connectivity index (χ0v) is 26.3. The van der Waals surface area contributed by atoms with Crippen LogP contribution in [0.3, 0.4) is 0 Å². The summed E-state index contributed by atoms with van der Waals surface area (Å²) < 4.78 is 5.76. The number of allylic oxidation sites excluding steroid dienone is 1. The van der Waals surface area contributed by atoms with Crippen LogP contribution in [-0.4, -0.2) is 68.0 Å². The second-order valence-electron chi connectivity index (χ2n) is 10.9. The van der Waals surface area contributed by atoms with Gasteiger partial charge in [0.15, 0.2) is 10.9 Å². The van der Waals surface area contributed by atoms with Gasteiger partial charge in [0.25, 0.3) is 0 Å². The summed E-state index contributed by atoms with van der Waals surface area (Å²) >= 11 is 4.26. The van der Waals surface area contributed by atoms with Crippen LogP contribution >= 0.6 is 34.9 Å². The Labute approximate surface area is 254 Å². The highest BCUT2D eigenvalue weighted by molar-refractivity contribution is 8.14. The Balaban J connectivity index is 1.36. The molecule has 1 amide bonds. The van der Waals surface area contributed by atoms with Crippen LogP contribution in [0.25, 0.3) is 0 Å². The second-order valence-corrected chi connectivity index (χ2v) is 13.9. The van der Waals surface area contributed by atoms with Crippen molar-refractivity contribution in [1.82, 2.24) is 15.6 Å². The number of aromatic nitrogens is 1. The molecule has 0 aliphatic carbocycles. The van der Waals surface area contributed by atoms with Crippen molar-refractivity contribution in [3.05, 3.63) is 28.2 Å². The van der Waals surface area contributed by atoms with E-state index >= 15 is 0 Å². The van der Waals surface area contributed by atoms with Crippen LogP contribution in [0.2, 0.25) is 0 Å². The summed E-state index contributed by atoms with van der Waals surface area (Å²) in [5.41, 5.74) is -0.170. The molecular weight excluding hydrogens is 581 g/mol. The number of nitrogens with zero attached hydrogens (tertiary/aromatic N) is 2. The molecule has 0 radical (unpaired) electrons. The lowest BCUT2D eigenvalue weighted by Gasteiger charge is -2.23. The lowest BCUT2D eigenvalue weighted by Crippen LogP contribution is -2.49. The summed E-state index contributed by atoms with van der Waals surface area (Å²) in [6, 6.07) is -1.10. The molecule has 1 aromatic rings. The fraction of sp³-hybridized carbons (Fsp3) is 0.655. The van der Waals surface area contributed by atoms with Crippen LogP contribution in [0.15, 0.2) is 22.5 Å². The van der Waals surface area contributed by atoms with Gasteiger partial charge in [-0.2, -0.15) is 0 Å². The first-order chi connectivity index (χ1) is 19.8. The van der Waals surface area contributed by atoms with Gasteiger partial charge in [0, 0.05) is 23.3 Å². The maximum absolute atomic E-state index is 13.4. The van der Waals surface area contributed by atoms with Crippen molar-refractivity contribution in [1.29, 1.82) is 0 Å². The molecule has 2 N–H and O–H groups in total. The number of cyclic esters (lactones) is 1. The average molecular weight is 621 g/mol. The molecule has 3 aliphatic rings. The van der Waals surface area contributed by atoms with Crippen molar-refractivity contribution in [3.63, 3.8) is 0 Å². The smallest absolute Gasteiger partial charge is 0.323 e. The molecule has 1 aromatic heterocycles. The summed E-state index contributed by atoms with van der Waals surface area (Å²) in [4.78, 5) is 60.8. The third-order valence-corrected chi connectivity index (χ3v) is 10.5. The molecule has 9 nitrogen and oxygen atoms in total. The Morgan fingerprint density at radius 2 is 2.00 bits per heavy atom. The molecule has 4 atom stereocenters. The molecule has 6 bridgehead atoms. The first kappa shape index (κ1) is 31.9. The number of aliphatic imine (C=N–C) groups is 1. The van der Waals surface area contributed by atoms with E-state index in [0.717, 1.165) is 28.6 Å². The Morgan fingerprint density at radius 3 is 2.83 bits per heavy atom. The molecule has 0 aromatic carbocycles. The monoisotopic (exact) mass is 620 g/mol. The van der Waals surface area contributed by atoms with Crippen molar-refractivity contribution in [3.8, 4) is 0 Å². The normalized spacial score (nSPS) is 27.0. The number of nitrogens with one attached hydrogen (secondary N) is 2. The van der Waals surface area contributed by atoms with E-state index in [1.807, 2.05) is 18.4 Å². The first-order valence-corrected chi connectivity index (χ1v) is 17.4. The minimum absolute atomic E-state index is 0.0278. The minimum atomic E-state index is -0.887. The van der Waals surface area contributed by atoms with Crippen molar-refractivity contribution in [2.45, 2.75) is 108 Å². The number of carbonyl (C=O) groups is 4. The number of thiazole rings is 1. The molecule has 1 fully saturated rings. The van der Waals surface area contributed by atoms with E-state index in [0.29, 0.717) is 37.2 Å². The van der Waals surface area contributed by atoms with E-state index in [9.17, 15) is 19.2 Å². The zero-order valence-electron chi connectivity index (χ0n) is 23.8. The molecular formula is C29H40N4O5S3. The molecule has 1 saturated heterocycles. The minimum Gasteiger partial charge on any atom is -0.456 e. The van der Waals surface area contributed by atoms with Crippen molar-refractivity contribution < 1.29 is 23.9 Å². The van der Waals surface area contributed by atoms with Crippen LogP contribution in [0.4, 0.5) is 0 Å². The van der Waals surface area contributed by atoms with Gasteiger partial charge in [-0.1, -0.05) is 50.4 Å². The number of amides is 1. The van der Waals surface area contributed by atoms with Gasteiger partial charge in [-0.15, -0.1) is 23.1 Å². The number of fused-ring (bicyclic) bond motifs is 6.